The van der Waals surface area contributed by atoms with Gasteiger partial charge >= 0.3 is 5.97 Å². The van der Waals surface area contributed by atoms with Gasteiger partial charge in [-0.1, -0.05) is 23.7 Å². The van der Waals surface area contributed by atoms with Crippen molar-refractivity contribution in [3.63, 3.8) is 0 Å². The summed E-state index contributed by atoms with van der Waals surface area (Å²) in [5.74, 6) is -0.826. The van der Waals surface area contributed by atoms with Crippen LogP contribution in [0.15, 0.2) is 40.8 Å². The van der Waals surface area contributed by atoms with Crippen LogP contribution >= 0.6 is 11.6 Å². The van der Waals surface area contributed by atoms with Gasteiger partial charge < -0.3 is 19.2 Å². The second kappa shape index (κ2) is 6.67. The smallest absolute Gasteiger partial charge is 0.334 e. The first-order valence-electron chi connectivity index (χ1n) is 7.48. The van der Waals surface area contributed by atoms with Crippen LogP contribution in [0.25, 0.3) is 11.3 Å². The number of aliphatic carboxylic acids is 1. The fourth-order valence-electron chi connectivity index (χ4n) is 2.67. The van der Waals surface area contributed by atoms with Crippen molar-refractivity contribution in [2.24, 2.45) is 0 Å². The summed E-state index contributed by atoms with van der Waals surface area (Å²) in [5.41, 5.74) is 0.692. The van der Waals surface area contributed by atoms with E-state index in [0.717, 1.165) is 0 Å². The summed E-state index contributed by atoms with van der Waals surface area (Å²) >= 11 is 6.13. The summed E-state index contributed by atoms with van der Waals surface area (Å²) in [4.78, 5) is 25.2. The van der Waals surface area contributed by atoms with Crippen LogP contribution in [0.3, 0.4) is 0 Å². The molecule has 1 aliphatic rings. The Balaban J connectivity index is 1.81. The highest BCUT2D eigenvalue weighted by Crippen LogP contribution is 2.29. The molecule has 0 aliphatic carbocycles. The lowest BCUT2D eigenvalue weighted by Crippen LogP contribution is -2.51. The number of nitrogens with zero attached hydrogens (tertiary/aromatic N) is 1. The Morgan fingerprint density at radius 2 is 1.96 bits per heavy atom. The number of benzene rings is 1. The molecule has 0 radical (unpaired) electrons. The summed E-state index contributed by atoms with van der Waals surface area (Å²) in [5, 5.41) is 9.63. The van der Waals surface area contributed by atoms with Crippen molar-refractivity contribution >= 4 is 23.5 Å². The molecule has 0 spiro atoms. The Bertz CT molecular complexity index is 772. The monoisotopic (exact) mass is 349 g/mol. The maximum absolute atomic E-state index is 12.6. The molecule has 7 heteroatoms. The highest BCUT2D eigenvalue weighted by molar-refractivity contribution is 6.33. The number of rotatable bonds is 3. The number of carbonyl (C=O) groups is 2. The summed E-state index contributed by atoms with van der Waals surface area (Å²) in [6.07, 6.45) is -1.39. The molecule has 1 fully saturated rings. The van der Waals surface area contributed by atoms with E-state index in [9.17, 15) is 9.59 Å². The van der Waals surface area contributed by atoms with E-state index in [-0.39, 0.29) is 24.3 Å². The van der Waals surface area contributed by atoms with Gasteiger partial charge in [0.1, 0.15) is 5.76 Å². The number of hydrogen-bond acceptors (Lipinski definition) is 4. The van der Waals surface area contributed by atoms with E-state index in [4.69, 9.17) is 25.9 Å². The molecule has 0 saturated carbocycles. The predicted octanol–water partition coefficient (Wildman–Crippen LogP) is 2.91. The van der Waals surface area contributed by atoms with Crippen molar-refractivity contribution in [3.05, 3.63) is 47.2 Å². The largest absolute Gasteiger partial charge is 0.479 e. The van der Waals surface area contributed by atoms with Crippen LogP contribution in [0.1, 0.15) is 17.5 Å². The number of carbonyl (C=O) groups excluding carboxylic acids is 1. The predicted molar refractivity (Wildman–Crippen MR) is 87.0 cm³/mol. The maximum atomic E-state index is 12.6. The Labute approximate surface area is 143 Å². The number of halogens is 1. The van der Waals surface area contributed by atoms with Crippen LogP contribution in [0.2, 0.25) is 5.02 Å². The third-order valence-electron chi connectivity index (χ3n) is 3.78. The van der Waals surface area contributed by atoms with Gasteiger partial charge in [-0.25, -0.2) is 4.79 Å². The second-order valence-electron chi connectivity index (χ2n) is 5.63. The van der Waals surface area contributed by atoms with Crippen LogP contribution in [0, 0.1) is 0 Å². The van der Waals surface area contributed by atoms with E-state index >= 15 is 0 Å². The fourth-order valence-corrected chi connectivity index (χ4v) is 2.90. The molecule has 2 atom stereocenters. The zero-order valence-corrected chi connectivity index (χ0v) is 13.7. The lowest BCUT2D eigenvalue weighted by Gasteiger charge is -2.34. The molecule has 0 bridgehead atoms. The van der Waals surface area contributed by atoms with Crippen molar-refractivity contribution < 1.29 is 23.8 Å². The van der Waals surface area contributed by atoms with Crippen LogP contribution in [-0.2, 0) is 9.53 Å². The van der Waals surface area contributed by atoms with Crippen molar-refractivity contribution in [2.45, 2.75) is 19.1 Å². The molecular weight excluding hydrogens is 334 g/mol. The number of hydrogen-bond donors (Lipinski definition) is 1. The second-order valence-corrected chi connectivity index (χ2v) is 6.03. The lowest BCUT2D eigenvalue weighted by atomic mass is 10.2. The van der Waals surface area contributed by atoms with Crippen LogP contribution in [0.5, 0.6) is 0 Å². The Hall–Kier alpha value is -2.31. The molecule has 1 aliphatic heterocycles. The summed E-state index contributed by atoms with van der Waals surface area (Å²) in [7, 11) is 0. The molecular formula is C17H16ClNO5. The van der Waals surface area contributed by atoms with Gasteiger partial charge in [-0.3, -0.25) is 4.79 Å². The molecule has 1 N–H and O–H groups in total. The summed E-state index contributed by atoms with van der Waals surface area (Å²) < 4.78 is 10.9. The van der Waals surface area contributed by atoms with Gasteiger partial charge in [0, 0.05) is 12.1 Å². The maximum Gasteiger partial charge on any atom is 0.334 e. The molecule has 24 heavy (non-hydrogen) atoms. The topological polar surface area (TPSA) is 80.0 Å². The van der Waals surface area contributed by atoms with Crippen molar-refractivity contribution in [2.75, 3.05) is 13.1 Å². The minimum absolute atomic E-state index is 0.0133. The van der Waals surface area contributed by atoms with Crippen LogP contribution < -0.4 is 0 Å². The molecule has 2 aromatic rings. The van der Waals surface area contributed by atoms with E-state index in [1.54, 1.807) is 31.2 Å². The number of ether oxygens (including phenoxy) is 1. The zero-order valence-electron chi connectivity index (χ0n) is 12.9. The molecule has 1 aromatic heterocycles. The first kappa shape index (κ1) is 16.5. The molecule has 126 valence electrons. The van der Waals surface area contributed by atoms with Gasteiger partial charge in [-0.2, -0.15) is 0 Å². The molecule has 2 heterocycles. The molecule has 1 unspecified atom stereocenters. The van der Waals surface area contributed by atoms with Crippen LogP contribution in [0.4, 0.5) is 0 Å². The average molecular weight is 350 g/mol. The zero-order chi connectivity index (χ0) is 17.3. The quantitative estimate of drug-likeness (QED) is 0.921. The highest BCUT2D eigenvalue weighted by Gasteiger charge is 2.34. The summed E-state index contributed by atoms with van der Waals surface area (Å²) in [6, 6.07) is 10.4. The third kappa shape index (κ3) is 3.29. The Kier molecular flexibility index (Phi) is 4.59. The van der Waals surface area contributed by atoms with E-state index < -0.39 is 12.1 Å². The van der Waals surface area contributed by atoms with Crippen molar-refractivity contribution in [1.82, 2.24) is 4.90 Å². The van der Waals surface area contributed by atoms with Gasteiger partial charge in [-0.15, -0.1) is 0 Å². The van der Waals surface area contributed by atoms with E-state index in [2.05, 4.69) is 0 Å². The van der Waals surface area contributed by atoms with Gasteiger partial charge in [-0.05, 0) is 31.2 Å². The normalized spacial score (nSPS) is 20.8. The fraction of sp³-hybridized carbons (Fsp3) is 0.294. The number of furan rings is 1. The standard InChI is InChI=1S/C17H16ClNO5/c1-10-8-19(9-15(23-10)17(21)22)16(20)14-7-6-13(24-14)11-4-2-3-5-12(11)18/h2-7,10,15H,8-9H2,1H3,(H,21,22)/t10-,15?/m1/s1. The SMILES string of the molecule is C[C@@H]1CN(C(=O)c2ccc(-c3ccccc3Cl)o2)CC(C(=O)O)O1. The Morgan fingerprint density at radius 1 is 1.21 bits per heavy atom. The first-order chi connectivity index (χ1) is 11.5. The van der Waals surface area contributed by atoms with Crippen molar-refractivity contribution in [3.8, 4) is 11.3 Å². The van der Waals surface area contributed by atoms with Gasteiger partial charge in [0.25, 0.3) is 5.91 Å². The number of amides is 1. The van der Waals surface area contributed by atoms with Crippen molar-refractivity contribution in [1.29, 1.82) is 0 Å². The minimum atomic E-state index is -1.09. The van der Waals surface area contributed by atoms with Crippen LogP contribution in [-0.4, -0.2) is 47.2 Å². The average Bonchev–Trinajstić information content (AvgIpc) is 3.03. The molecule has 3 rings (SSSR count). The third-order valence-corrected chi connectivity index (χ3v) is 4.11. The van der Waals surface area contributed by atoms with E-state index in [1.165, 1.54) is 4.90 Å². The van der Waals surface area contributed by atoms with Gasteiger partial charge in [0.15, 0.2) is 11.9 Å². The molecule has 6 nitrogen and oxygen atoms in total. The van der Waals surface area contributed by atoms with E-state index in [1.807, 2.05) is 12.1 Å². The molecule has 1 saturated heterocycles. The van der Waals surface area contributed by atoms with E-state index in [0.29, 0.717) is 22.9 Å². The summed E-state index contributed by atoms with van der Waals surface area (Å²) in [6.45, 7) is 2.03. The van der Waals surface area contributed by atoms with Gasteiger partial charge in [0.05, 0.1) is 17.7 Å². The number of carboxylic acid groups (broad SMARTS) is 1. The first-order valence-corrected chi connectivity index (χ1v) is 7.86. The van der Waals surface area contributed by atoms with Gasteiger partial charge in [0.2, 0.25) is 0 Å². The number of carboxylic acids is 1. The minimum Gasteiger partial charge on any atom is -0.479 e. The number of morpholine rings is 1. The molecule has 1 aromatic carbocycles. The molecule has 1 amide bonds. The lowest BCUT2D eigenvalue weighted by molar-refractivity contribution is -0.160. The Morgan fingerprint density at radius 3 is 2.67 bits per heavy atom. The highest BCUT2D eigenvalue weighted by atomic mass is 35.5.